The van der Waals surface area contributed by atoms with Gasteiger partial charge in [-0.05, 0) is 6.42 Å². The van der Waals surface area contributed by atoms with Crippen LogP contribution in [0.15, 0.2) is 18.6 Å². The van der Waals surface area contributed by atoms with Crippen molar-refractivity contribution in [3.8, 4) is 0 Å². The van der Waals surface area contributed by atoms with Crippen molar-refractivity contribution in [3.05, 3.63) is 24.3 Å². The highest BCUT2D eigenvalue weighted by molar-refractivity contribution is 6.17. The molecule has 0 saturated carbocycles. The molecule has 0 aliphatic rings. The van der Waals surface area contributed by atoms with Gasteiger partial charge in [0.25, 0.3) is 0 Å². The molecule has 1 rings (SSSR count). The second-order valence-corrected chi connectivity index (χ2v) is 3.17. The maximum Gasteiger partial charge on any atom is 0.356 e. The zero-order chi connectivity index (χ0) is 11.5. The van der Waals surface area contributed by atoms with Crippen LogP contribution < -0.4 is 0 Å². The van der Waals surface area contributed by atoms with Crippen LogP contribution in [-0.4, -0.2) is 26.9 Å². The molecule has 0 atom stereocenters. The highest BCUT2D eigenvalue weighted by Gasteiger charge is 2.00. The van der Waals surface area contributed by atoms with Gasteiger partial charge in [0, 0.05) is 18.3 Å². The molecule has 15 heavy (non-hydrogen) atoms. The molecule has 84 valence electrons. The summed E-state index contributed by atoms with van der Waals surface area (Å²) in [6.45, 7) is 2.17. The zero-order valence-corrected chi connectivity index (χ0v) is 9.44. The van der Waals surface area contributed by atoms with Crippen LogP contribution in [-0.2, 0) is 0 Å². The normalized spacial score (nSPS) is 8.93. The molecule has 0 aromatic carbocycles. The molecule has 0 saturated heterocycles. The van der Waals surface area contributed by atoms with Crippen molar-refractivity contribution in [2.24, 2.45) is 0 Å². The number of halogens is 1. The Hall–Kier alpha value is -1.16. The number of carboxylic acids is 1. The minimum absolute atomic E-state index is 0.0301. The summed E-state index contributed by atoms with van der Waals surface area (Å²) in [5.74, 6) is -0.225. The van der Waals surface area contributed by atoms with Gasteiger partial charge in [-0.15, -0.1) is 11.6 Å². The highest BCUT2D eigenvalue weighted by atomic mass is 35.5. The van der Waals surface area contributed by atoms with Crippen molar-refractivity contribution in [3.63, 3.8) is 0 Å². The molecule has 0 unspecified atom stereocenters. The first-order valence-electron chi connectivity index (χ1n) is 4.77. The maximum absolute atomic E-state index is 10.1. The molecule has 0 fully saturated rings. The summed E-state index contributed by atoms with van der Waals surface area (Å²) in [5.41, 5.74) is -0.0301. The van der Waals surface area contributed by atoms with Crippen LogP contribution in [0.1, 0.15) is 36.7 Å². The molecule has 0 radical (unpaired) electrons. The lowest BCUT2D eigenvalue weighted by atomic mass is 10.3. The first-order valence-corrected chi connectivity index (χ1v) is 5.31. The third-order valence-electron chi connectivity index (χ3n) is 1.52. The average Bonchev–Trinajstić information content (AvgIpc) is 2.28. The summed E-state index contributed by atoms with van der Waals surface area (Å²) in [5, 5.41) is 8.28. The molecule has 4 nitrogen and oxygen atoms in total. The third kappa shape index (κ3) is 7.88. The zero-order valence-electron chi connectivity index (χ0n) is 8.69. The number of rotatable bonds is 4. The van der Waals surface area contributed by atoms with E-state index in [1.165, 1.54) is 37.9 Å². The predicted molar refractivity (Wildman–Crippen MR) is 59.2 cm³/mol. The van der Waals surface area contributed by atoms with Crippen molar-refractivity contribution in [2.45, 2.75) is 26.2 Å². The quantitative estimate of drug-likeness (QED) is 0.638. The Kier molecular flexibility index (Phi) is 8.67. The van der Waals surface area contributed by atoms with Crippen LogP contribution in [0.25, 0.3) is 0 Å². The number of nitrogens with zero attached hydrogens (tertiary/aromatic N) is 2. The van der Waals surface area contributed by atoms with Crippen molar-refractivity contribution in [2.75, 3.05) is 5.88 Å². The second kappa shape index (κ2) is 9.40. The molecule has 1 aromatic heterocycles. The molecule has 5 heteroatoms. The minimum Gasteiger partial charge on any atom is -0.476 e. The number of unbranched alkanes of at least 4 members (excludes halogenated alkanes) is 2. The Morgan fingerprint density at radius 2 is 2.20 bits per heavy atom. The summed E-state index contributed by atoms with van der Waals surface area (Å²) in [7, 11) is 0. The Balaban J connectivity index is 0.000000288. The van der Waals surface area contributed by atoms with Gasteiger partial charge in [0.1, 0.15) is 0 Å². The maximum atomic E-state index is 10.1. The van der Waals surface area contributed by atoms with Gasteiger partial charge in [0.05, 0.1) is 6.20 Å². The van der Waals surface area contributed by atoms with Gasteiger partial charge in [0.15, 0.2) is 5.69 Å². The van der Waals surface area contributed by atoms with Crippen LogP contribution in [0.3, 0.4) is 0 Å². The summed E-state index contributed by atoms with van der Waals surface area (Å²) < 4.78 is 0. The van der Waals surface area contributed by atoms with Gasteiger partial charge in [-0.3, -0.25) is 4.98 Å². The first kappa shape index (κ1) is 13.8. The van der Waals surface area contributed by atoms with E-state index in [1.54, 1.807) is 0 Å². The number of aromatic nitrogens is 2. The van der Waals surface area contributed by atoms with E-state index >= 15 is 0 Å². The Labute approximate surface area is 94.3 Å². The lowest BCUT2D eigenvalue weighted by Crippen LogP contribution is -1.99. The Morgan fingerprint density at radius 3 is 2.47 bits per heavy atom. The second-order valence-electron chi connectivity index (χ2n) is 2.79. The number of aromatic carboxylic acids is 1. The van der Waals surface area contributed by atoms with E-state index in [0.717, 1.165) is 5.88 Å². The largest absolute Gasteiger partial charge is 0.476 e. The number of carbonyl (C=O) groups is 1. The van der Waals surface area contributed by atoms with E-state index in [-0.39, 0.29) is 5.69 Å². The molecule has 0 bridgehead atoms. The summed E-state index contributed by atoms with van der Waals surface area (Å²) in [6.07, 6.45) is 7.69. The average molecular weight is 231 g/mol. The van der Waals surface area contributed by atoms with Gasteiger partial charge in [0.2, 0.25) is 0 Å². The van der Waals surface area contributed by atoms with Gasteiger partial charge in [-0.2, -0.15) is 0 Å². The Morgan fingerprint density at radius 1 is 1.47 bits per heavy atom. The molecule has 1 heterocycles. The van der Waals surface area contributed by atoms with E-state index in [4.69, 9.17) is 16.7 Å². The van der Waals surface area contributed by atoms with Gasteiger partial charge in [-0.25, -0.2) is 9.78 Å². The fraction of sp³-hybridized carbons (Fsp3) is 0.500. The molecule has 0 aliphatic heterocycles. The lowest BCUT2D eigenvalue weighted by molar-refractivity contribution is 0.0690. The number of hydrogen-bond acceptors (Lipinski definition) is 3. The van der Waals surface area contributed by atoms with Crippen molar-refractivity contribution in [1.82, 2.24) is 9.97 Å². The van der Waals surface area contributed by atoms with Crippen LogP contribution in [0, 0.1) is 0 Å². The topological polar surface area (TPSA) is 63.1 Å². The van der Waals surface area contributed by atoms with E-state index in [0.29, 0.717) is 0 Å². The molecule has 0 spiro atoms. The number of carboxylic acid groups (broad SMARTS) is 1. The van der Waals surface area contributed by atoms with E-state index in [1.807, 2.05) is 0 Å². The fourth-order valence-corrected chi connectivity index (χ4v) is 0.943. The van der Waals surface area contributed by atoms with E-state index in [2.05, 4.69) is 16.9 Å². The van der Waals surface area contributed by atoms with Crippen molar-refractivity contribution in [1.29, 1.82) is 0 Å². The molecule has 0 amide bonds. The van der Waals surface area contributed by atoms with Crippen LogP contribution in [0.5, 0.6) is 0 Å². The predicted octanol–water partition coefficient (Wildman–Crippen LogP) is 2.59. The molecule has 1 aromatic rings. The molecule has 1 N–H and O–H groups in total. The standard InChI is InChI=1S/C5H11Cl.C5H4N2O2/c1-2-3-4-5-6;8-5(9)4-3-6-1-2-7-4/h2-5H2,1H3;1-3H,(H,8,9). The molecule has 0 aliphatic carbocycles. The van der Waals surface area contributed by atoms with Gasteiger partial charge < -0.3 is 5.11 Å². The van der Waals surface area contributed by atoms with E-state index in [9.17, 15) is 4.79 Å². The minimum atomic E-state index is -1.05. The monoisotopic (exact) mass is 230 g/mol. The van der Waals surface area contributed by atoms with Gasteiger partial charge >= 0.3 is 5.97 Å². The number of alkyl halides is 1. The van der Waals surface area contributed by atoms with Gasteiger partial charge in [-0.1, -0.05) is 19.8 Å². The highest BCUT2D eigenvalue weighted by Crippen LogP contribution is 1.93. The summed E-state index contributed by atoms with van der Waals surface area (Å²) in [4.78, 5) is 17.2. The van der Waals surface area contributed by atoms with Crippen molar-refractivity contribution < 1.29 is 9.90 Å². The first-order chi connectivity index (χ1) is 7.22. The number of hydrogen-bond donors (Lipinski definition) is 1. The molecular formula is C10H15ClN2O2. The van der Waals surface area contributed by atoms with E-state index < -0.39 is 5.97 Å². The van der Waals surface area contributed by atoms with Crippen LogP contribution in [0.4, 0.5) is 0 Å². The third-order valence-corrected chi connectivity index (χ3v) is 1.79. The van der Waals surface area contributed by atoms with Crippen molar-refractivity contribution >= 4 is 17.6 Å². The Bertz CT molecular complexity index is 263. The SMILES string of the molecule is CCCCCCl.O=C(O)c1cnccn1. The molecular weight excluding hydrogens is 216 g/mol. The fourth-order valence-electron chi connectivity index (χ4n) is 0.754. The smallest absolute Gasteiger partial charge is 0.356 e. The summed E-state index contributed by atoms with van der Waals surface area (Å²) >= 11 is 5.38. The van der Waals surface area contributed by atoms with Crippen LogP contribution >= 0.6 is 11.6 Å². The lowest BCUT2D eigenvalue weighted by Gasteiger charge is -1.86. The van der Waals surface area contributed by atoms with Crippen LogP contribution in [0.2, 0.25) is 0 Å². The summed E-state index contributed by atoms with van der Waals surface area (Å²) in [6, 6.07) is 0.